The Hall–Kier alpha value is -1.56. The molecule has 1 aliphatic heterocycles. The number of rotatable bonds is 4. The molecule has 0 aliphatic carbocycles. The molecule has 0 unspecified atom stereocenters. The molecule has 0 atom stereocenters. The Balaban J connectivity index is 1.84. The fraction of sp³-hybridized carbons (Fsp3) is 0.611. The highest BCUT2D eigenvalue weighted by Gasteiger charge is 2.28. The number of carbonyl (C=O) groups excluding carboxylic acids is 1. The average molecular weight is 353 g/mol. The fourth-order valence-corrected chi connectivity index (χ4v) is 3.89. The summed E-state index contributed by atoms with van der Waals surface area (Å²) in [5, 5.41) is -0.326. The van der Waals surface area contributed by atoms with Crippen molar-refractivity contribution in [1.29, 1.82) is 0 Å². The minimum atomic E-state index is -3.02. The number of likely N-dealkylation sites (tertiary alicyclic amines) is 1. The summed E-state index contributed by atoms with van der Waals surface area (Å²) >= 11 is 0. The first kappa shape index (κ1) is 18.8. The van der Waals surface area contributed by atoms with E-state index in [1.807, 2.05) is 24.3 Å². The summed E-state index contributed by atoms with van der Waals surface area (Å²) in [4.78, 5) is 13.9. The Morgan fingerprint density at radius 1 is 1.17 bits per heavy atom. The van der Waals surface area contributed by atoms with Gasteiger partial charge in [0, 0.05) is 19.3 Å². The van der Waals surface area contributed by atoms with Crippen molar-refractivity contribution in [1.82, 2.24) is 4.90 Å². The van der Waals surface area contributed by atoms with Crippen LogP contribution in [0.25, 0.3) is 0 Å². The highest BCUT2D eigenvalue weighted by Crippen LogP contribution is 2.24. The predicted octanol–water partition coefficient (Wildman–Crippen LogP) is 2.40. The normalized spacial score (nSPS) is 16.9. The number of carbonyl (C=O) groups is 1. The Morgan fingerprint density at radius 2 is 1.71 bits per heavy atom. The van der Waals surface area contributed by atoms with Crippen molar-refractivity contribution in [2.45, 2.75) is 44.3 Å². The van der Waals surface area contributed by atoms with Crippen LogP contribution in [0.1, 0.15) is 39.2 Å². The van der Waals surface area contributed by atoms with E-state index in [1.165, 1.54) is 11.8 Å². The monoisotopic (exact) mass is 353 g/mol. The van der Waals surface area contributed by atoms with Crippen molar-refractivity contribution in [2.24, 2.45) is 0 Å². The molecule has 0 aromatic heterocycles. The van der Waals surface area contributed by atoms with E-state index in [4.69, 9.17) is 4.74 Å². The van der Waals surface area contributed by atoms with Gasteiger partial charge in [0.05, 0.1) is 5.25 Å². The van der Waals surface area contributed by atoms with Crippen LogP contribution in [0, 0.1) is 0 Å². The standard InChI is InChI=1S/C18H27NO4S/c1-18(2,3)14-5-7-15(8-6-14)23-13-17(20)19-11-9-16(10-12-19)24(4,21)22/h5-8,16H,9-13H2,1-4H3. The van der Waals surface area contributed by atoms with Gasteiger partial charge < -0.3 is 9.64 Å². The van der Waals surface area contributed by atoms with E-state index >= 15 is 0 Å². The van der Waals surface area contributed by atoms with Crippen LogP contribution in [0.2, 0.25) is 0 Å². The first-order valence-corrected chi connectivity index (χ1v) is 10.2. The van der Waals surface area contributed by atoms with Gasteiger partial charge in [-0.05, 0) is 36.0 Å². The molecule has 1 fully saturated rings. The van der Waals surface area contributed by atoms with Crippen LogP contribution in [0.15, 0.2) is 24.3 Å². The van der Waals surface area contributed by atoms with E-state index < -0.39 is 9.84 Å². The second-order valence-electron chi connectivity index (χ2n) is 7.47. The van der Waals surface area contributed by atoms with Crippen LogP contribution >= 0.6 is 0 Å². The number of sulfone groups is 1. The molecule has 2 rings (SSSR count). The summed E-state index contributed by atoms with van der Waals surface area (Å²) in [5.41, 5.74) is 1.29. The topological polar surface area (TPSA) is 63.7 Å². The SMILES string of the molecule is CC(C)(C)c1ccc(OCC(=O)N2CCC(S(C)(=O)=O)CC2)cc1. The molecule has 1 heterocycles. The third-order valence-corrected chi connectivity index (χ3v) is 6.17. The zero-order valence-corrected chi connectivity index (χ0v) is 15.7. The lowest BCUT2D eigenvalue weighted by Crippen LogP contribution is -2.44. The third-order valence-electron chi connectivity index (χ3n) is 4.48. The molecule has 6 heteroatoms. The Kier molecular flexibility index (Phi) is 5.58. The van der Waals surface area contributed by atoms with Gasteiger partial charge >= 0.3 is 0 Å². The summed E-state index contributed by atoms with van der Waals surface area (Å²) in [7, 11) is -3.02. The van der Waals surface area contributed by atoms with Crippen molar-refractivity contribution in [2.75, 3.05) is 26.0 Å². The lowest BCUT2D eigenvalue weighted by atomic mass is 9.87. The highest BCUT2D eigenvalue weighted by atomic mass is 32.2. The molecule has 5 nitrogen and oxygen atoms in total. The van der Waals surface area contributed by atoms with Crippen LogP contribution in [-0.4, -0.2) is 50.4 Å². The van der Waals surface area contributed by atoms with Crippen molar-refractivity contribution in [3.05, 3.63) is 29.8 Å². The van der Waals surface area contributed by atoms with Crippen LogP contribution in [0.5, 0.6) is 5.75 Å². The highest BCUT2D eigenvalue weighted by molar-refractivity contribution is 7.91. The first-order valence-electron chi connectivity index (χ1n) is 8.27. The van der Waals surface area contributed by atoms with E-state index in [1.54, 1.807) is 4.90 Å². The maximum atomic E-state index is 12.2. The molecule has 1 aromatic rings. The molecule has 0 saturated carbocycles. The van der Waals surface area contributed by atoms with Crippen LogP contribution in [0.3, 0.4) is 0 Å². The number of piperidine rings is 1. The quantitative estimate of drug-likeness (QED) is 0.834. The second kappa shape index (κ2) is 7.13. The van der Waals surface area contributed by atoms with Gasteiger partial charge in [-0.1, -0.05) is 32.9 Å². The summed E-state index contributed by atoms with van der Waals surface area (Å²) in [6.45, 7) is 7.37. The number of hydrogen-bond donors (Lipinski definition) is 0. The molecule has 24 heavy (non-hydrogen) atoms. The van der Waals surface area contributed by atoms with E-state index in [-0.39, 0.29) is 23.2 Å². The molecular formula is C18H27NO4S. The molecule has 0 N–H and O–H groups in total. The summed E-state index contributed by atoms with van der Waals surface area (Å²) in [6.07, 6.45) is 2.27. The lowest BCUT2D eigenvalue weighted by Gasteiger charge is -2.31. The van der Waals surface area contributed by atoms with Gasteiger partial charge in [-0.15, -0.1) is 0 Å². The van der Waals surface area contributed by atoms with E-state index in [2.05, 4.69) is 20.8 Å². The lowest BCUT2D eigenvalue weighted by molar-refractivity contribution is -0.134. The zero-order valence-electron chi connectivity index (χ0n) is 14.9. The van der Waals surface area contributed by atoms with E-state index in [9.17, 15) is 13.2 Å². The van der Waals surface area contributed by atoms with Gasteiger partial charge in [0.2, 0.25) is 0 Å². The molecular weight excluding hydrogens is 326 g/mol. The van der Waals surface area contributed by atoms with E-state index in [0.717, 1.165) is 0 Å². The Morgan fingerprint density at radius 3 is 2.17 bits per heavy atom. The summed E-state index contributed by atoms with van der Waals surface area (Å²) in [5.74, 6) is 0.573. The van der Waals surface area contributed by atoms with Gasteiger partial charge in [0.15, 0.2) is 6.61 Å². The minimum absolute atomic E-state index is 0.0155. The zero-order chi connectivity index (χ0) is 18.0. The average Bonchev–Trinajstić information content (AvgIpc) is 2.51. The Labute approximate surface area is 144 Å². The molecule has 134 valence electrons. The number of ether oxygens (including phenoxy) is 1. The van der Waals surface area contributed by atoms with Crippen LogP contribution in [-0.2, 0) is 20.0 Å². The maximum absolute atomic E-state index is 12.2. The molecule has 0 radical (unpaired) electrons. The third kappa shape index (κ3) is 4.97. The van der Waals surface area contributed by atoms with Crippen molar-refractivity contribution in [3.8, 4) is 5.75 Å². The van der Waals surface area contributed by atoms with Gasteiger partial charge in [-0.3, -0.25) is 4.79 Å². The van der Waals surface area contributed by atoms with Crippen LogP contribution < -0.4 is 4.74 Å². The van der Waals surface area contributed by atoms with Crippen molar-refractivity contribution < 1.29 is 17.9 Å². The second-order valence-corrected chi connectivity index (χ2v) is 9.80. The molecule has 1 saturated heterocycles. The molecule has 0 bridgehead atoms. The summed E-state index contributed by atoms with van der Waals surface area (Å²) < 4.78 is 28.7. The van der Waals surface area contributed by atoms with Gasteiger partial charge in [0.1, 0.15) is 15.6 Å². The predicted molar refractivity (Wildman–Crippen MR) is 95.1 cm³/mol. The van der Waals surface area contributed by atoms with E-state index in [0.29, 0.717) is 31.7 Å². The Bertz CT molecular complexity index is 666. The molecule has 1 aromatic carbocycles. The van der Waals surface area contributed by atoms with Crippen molar-refractivity contribution >= 4 is 15.7 Å². The number of hydrogen-bond acceptors (Lipinski definition) is 4. The van der Waals surface area contributed by atoms with Gasteiger partial charge in [-0.2, -0.15) is 0 Å². The first-order chi connectivity index (χ1) is 11.1. The largest absolute Gasteiger partial charge is 0.484 e. The smallest absolute Gasteiger partial charge is 0.260 e. The molecule has 0 spiro atoms. The van der Waals surface area contributed by atoms with Crippen molar-refractivity contribution in [3.63, 3.8) is 0 Å². The van der Waals surface area contributed by atoms with Crippen LogP contribution in [0.4, 0.5) is 0 Å². The number of benzene rings is 1. The molecule has 1 amide bonds. The minimum Gasteiger partial charge on any atom is -0.484 e. The van der Waals surface area contributed by atoms with Gasteiger partial charge in [-0.25, -0.2) is 8.42 Å². The number of amides is 1. The number of nitrogens with zero attached hydrogens (tertiary/aromatic N) is 1. The van der Waals surface area contributed by atoms with Gasteiger partial charge in [0.25, 0.3) is 5.91 Å². The molecule has 1 aliphatic rings. The summed E-state index contributed by atoms with van der Waals surface area (Å²) in [6, 6.07) is 7.78. The fourth-order valence-electron chi connectivity index (χ4n) is 2.82. The maximum Gasteiger partial charge on any atom is 0.260 e.